The first-order valence-corrected chi connectivity index (χ1v) is 11.0. The second-order valence-electron chi connectivity index (χ2n) is 8.20. The summed E-state index contributed by atoms with van der Waals surface area (Å²) < 4.78 is 42.3. The van der Waals surface area contributed by atoms with E-state index in [1.165, 1.54) is 11.3 Å². The van der Waals surface area contributed by atoms with Gasteiger partial charge >= 0.3 is 6.18 Å². The molecule has 3 unspecified atom stereocenters. The number of alkyl halides is 3. The quantitative estimate of drug-likeness (QED) is 0.570. The van der Waals surface area contributed by atoms with Crippen molar-refractivity contribution in [3.8, 4) is 10.6 Å². The van der Waals surface area contributed by atoms with Crippen LogP contribution in [0.1, 0.15) is 50.0 Å². The minimum Gasteiger partial charge on any atom is -0.334 e. The molecule has 3 atom stereocenters. The number of rotatable bonds is 3. The molecule has 5 rings (SSSR count). The van der Waals surface area contributed by atoms with Crippen LogP contribution >= 0.6 is 11.3 Å². The molecule has 3 aromatic rings. The van der Waals surface area contributed by atoms with Crippen molar-refractivity contribution in [2.45, 2.75) is 44.8 Å². The summed E-state index contributed by atoms with van der Waals surface area (Å²) in [5.74, 6) is 0.525. The van der Waals surface area contributed by atoms with Crippen LogP contribution in [0.4, 0.5) is 13.2 Å². The molecule has 0 bridgehead atoms. The Labute approximate surface area is 175 Å². The summed E-state index contributed by atoms with van der Waals surface area (Å²) in [6.07, 6.45) is -1.15. The second kappa shape index (κ2) is 7.08. The molecule has 1 saturated heterocycles. The summed E-state index contributed by atoms with van der Waals surface area (Å²) in [7, 11) is 0. The third kappa shape index (κ3) is 3.38. The molecule has 30 heavy (non-hydrogen) atoms. The zero-order valence-electron chi connectivity index (χ0n) is 16.4. The molecule has 158 valence electrons. The van der Waals surface area contributed by atoms with Gasteiger partial charge in [0.15, 0.2) is 11.3 Å². The summed E-state index contributed by atoms with van der Waals surface area (Å²) >= 11 is 1.34. The molecule has 1 aliphatic heterocycles. The number of thiophene rings is 1. The van der Waals surface area contributed by atoms with Crippen LogP contribution in [0.5, 0.6) is 0 Å². The standard InChI is InChI=1S/C21H21F3N4OS/c1-12-9-13(12)20(29)27-7-3-2-5-16(27)14-11-19-25-15(17-6-4-8-30-17)10-18(21(22,23)24)28(19)26-14/h4,6,8,10-13,16H,2-3,5,7,9H2,1H3. The van der Waals surface area contributed by atoms with Crippen LogP contribution in [0.25, 0.3) is 16.2 Å². The second-order valence-corrected chi connectivity index (χ2v) is 9.15. The fourth-order valence-electron chi connectivity index (χ4n) is 4.29. The summed E-state index contributed by atoms with van der Waals surface area (Å²) in [6.45, 7) is 2.68. The number of piperidine rings is 1. The number of carbonyl (C=O) groups excluding carboxylic acids is 1. The molecule has 0 spiro atoms. The van der Waals surface area contributed by atoms with Gasteiger partial charge in [-0.1, -0.05) is 13.0 Å². The first kappa shape index (κ1) is 19.5. The number of fused-ring (bicyclic) bond motifs is 1. The van der Waals surface area contributed by atoms with Gasteiger partial charge in [-0.15, -0.1) is 11.3 Å². The average molecular weight is 434 g/mol. The molecule has 2 aliphatic rings. The zero-order chi connectivity index (χ0) is 21.0. The van der Waals surface area contributed by atoms with E-state index in [0.29, 0.717) is 29.5 Å². The molecule has 5 nitrogen and oxygen atoms in total. The fourth-order valence-corrected chi connectivity index (χ4v) is 4.98. The highest BCUT2D eigenvalue weighted by atomic mass is 32.1. The maximum Gasteiger partial charge on any atom is 0.433 e. The number of hydrogen-bond acceptors (Lipinski definition) is 4. The molecule has 2 fully saturated rings. The Balaban J connectivity index is 1.59. The molecule has 0 N–H and O–H groups in total. The number of hydrogen-bond donors (Lipinski definition) is 0. The number of carbonyl (C=O) groups is 1. The van der Waals surface area contributed by atoms with Crippen LogP contribution < -0.4 is 0 Å². The Hall–Kier alpha value is -2.42. The maximum atomic E-state index is 13.8. The molecule has 1 amide bonds. The lowest BCUT2D eigenvalue weighted by atomic mass is 9.98. The topological polar surface area (TPSA) is 50.5 Å². The minimum atomic E-state index is -4.57. The van der Waals surface area contributed by atoms with Crippen LogP contribution in [0.3, 0.4) is 0 Å². The molecule has 9 heteroatoms. The van der Waals surface area contributed by atoms with E-state index in [1.54, 1.807) is 23.6 Å². The van der Waals surface area contributed by atoms with Gasteiger partial charge in [0.2, 0.25) is 5.91 Å². The van der Waals surface area contributed by atoms with Crippen LogP contribution in [0.15, 0.2) is 29.6 Å². The zero-order valence-corrected chi connectivity index (χ0v) is 17.2. The molecule has 1 saturated carbocycles. The molecular weight excluding hydrogens is 413 g/mol. The van der Waals surface area contributed by atoms with Crippen LogP contribution in [0.2, 0.25) is 0 Å². The van der Waals surface area contributed by atoms with Gasteiger partial charge in [0.25, 0.3) is 0 Å². The lowest BCUT2D eigenvalue weighted by Crippen LogP contribution is -2.39. The smallest absolute Gasteiger partial charge is 0.334 e. The summed E-state index contributed by atoms with van der Waals surface area (Å²) in [6, 6.07) is 5.89. The highest BCUT2D eigenvalue weighted by molar-refractivity contribution is 7.13. The van der Waals surface area contributed by atoms with Crippen molar-refractivity contribution >= 4 is 22.9 Å². The molecule has 0 aromatic carbocycles. The van der Waals surface area contributed by atoms with E-state index < -0.39 is 11.9 Å². The van der Waals surface area contributed by atoms with Gasteiger partial charge in [0.1, 0.15) is 0 Å². The van der Waals surface area contributed by atoms with Gasteiger partial charge in [0, 0.05) is 18.5 Å². The van der Waals surface area contributed by atoms with Gasteiger partial charge in [-0.2, -0.15) is 18.3 Å². The van der Waals surface area contributed by atoms with Crippen LogP contribution in [-0.4, -0.2) is 31.9 Å². The van der Waals surface area contributed by atoms with Crippen LogP contribution in [0, 0.1) is 11.8 Å². The first-order chi connectivity index (χ1) is 14.3. The van der Waals surface area contributed by atoms with E-state index in [1.807, 2.05) is 4.90 Å². The summed E-state index contributed by atoms with van der Waals surface area (Å²) in [5, 5.41) is 6.11. The van der Waals surface area contributed by atoms with Crippen molar-refractivity contribution in [2.24, 2.45) is 11.8 Å². The van der Waals surface area contributed by atoms with Crippen LogP contribution in [-0.2, 0) is 11.0 Å². The largest absolute Gasteiger partial charge is 0.433 e. The number of amides is 1. The molecular formula is C21H21F3N4OS. The van der Waals surface area contributed by atoms with E-state index >= 15 is 0 Å². The monoisotopic (exact) mass is 434 g/mol. The normalized spacial score (nSPS) is 24.4. The number of halogens is 3. The van der Waals surface area contributed by atoms with Gasteiger partial charge in [0.05, 0.1) is 22.3 Å². The van der Waals surface area contributed by atoms with E-state index in [0.717, 1.165) is 29.8 Å². The fraction of sp³-hybridized carbons (Fsp3) is 0.476. The third-order valence-electron chi connectivity index (χ3n) is 6.06. The predicted molar refractivity (Wildman–Crippen MR) is 107 cm³/mol. The Morgan fingerprint density at radius 2 is 2.07 bits per heavy atom. The SMILES string of the molecule is CC1CC1C(=O)N1CCCCC1c1cc2nc(-c3cccs3)cc(C(F)(F)F)n2n1. The van der Waals surface area contributed by atoms with Crippen molar-refractivity contribution in [2.75, 3.05) is 6.54 Å². The molecule has 4 heterocycles. The lowest BCUT2D eigenvalue weighted by molar-refractivity contribution is -0.143. The number of nitrogens with zero attached hydrogens (tertiary/aromatic N) is 4. The number of likely N-dealkylation sites (tertiary alicyclic amines) is 1. The van der Waals surface area contributed by atoms with E-state index in [9.17, 15) is 18.0 Å². The Morgan fingerprint density at radius 3 is 2.73 bits per heavy atom. The summed E-state index contributed by atoms with van der Waals surface area (Å²) in [4.78, 5) is 19.8. The minimum absolute atomic E-state index is 0.0388. The van der Waals surface area contributed by atoms with Gasteiger partial charge in [-0.25, -0.2) is 9.50 Å². The van der Waals surface area contributed by atoms with Gasteiger partial charge < -0.3 is 4.90 Å². The first-order valence-electron chi connectivity index (χ1n) is 10.1. The highest BCUT2D eigenvalue weighted by Gasteiger charge is 2.44. The van der Waals surface area contributed by atoms with Crippen molar-refractivity contribution in [3.05, 3.63) is 41.0 Å². The van der Waals surface area contributed by atoms with Crippen molar-refractivity contribution < 1.29 is 18.0 Å². The highest BCUT2D eigenvalue weighted by Crippen LogP contribution is 2.43. The Morgan fingerprint density at radius 1 is 1.27 bits per heavy atom. The molecule has 1 aliphatic carbocycles. The van der Waals surface area contributed by atoms with Crippen molar-refractivity contribution in [1.29, 1.82) is 0 Å². The molecule has 0 radical (unpaired) electrons. The van der Waals surface area contributed by atoms with Crippen molar-refractivity contribution in [3.63, 3.8) is 0 Å². The van der Waals surface area contributed by atoms with Gasteiger partial charge in [-0.05, 0) is 49.1 Å². The van der Waals surface area contributed by atoms with Crippen molar-refractivity contribution in [1.82, 2.24) is 19.5 Å². The Kier molecular flexibility index (Phi) is 4.61. The molecule has 3 aromatic heterocycles. The lowest BCUT2D eigenvalue weighted by Gasteiger charge is -2.35. The Bertz CT molecular complexity index is 1090. The van der Waals surface area contributed by atoms with Gasteiger partial charge in [-0.3, -0.25) is 4.79 Å². The van der Waals surface area contributed by atoms with E-state index in [-0.39, 0.29) is 29.2 Å². The summed E-state index contributed by atoms with van der Waals surface area (Å²) in [5.41, 5.74) is 0.0602. The number of aromatic nitrogens is 3. The van der Waals surface area contributed by atoms with E-state index in [2.05, 4.69) is 17.0 Å². The van der Waals surface area contributed by atoms with E-state index in [4.69, 9.17) is 0 Å². The third-order valence-corrected chi connectivity index (χ3v) is 6.96. The average Bonchev–Trinajstić information content (AvgIpc) is 3.13. The maximum absolute atomic E-state index is 13.8. The predicted octanol–water partition coefficient (Wildman–Crippen LogP) is 5.19.